The Bertz CT molecular complexity index is 1900. The molecule has 2 N–H and O–H groups in total. The van der Waals surface area contributed by atoms with Gasteiger partial charge in [-0.15, -0.1) is 11.8 Å². The van der Waals surface area contributed by atoms with Crippen LogP contribution in [0.15, 0.2) is 133 Å². The number of nitrogens with one attached hydrogen (secondary N) is 2. The molecule has 5 aromatic carbocycles. The number of hydrogen-bond acceptors (Lipinski definition) is 5. The summed E-state index contributed by atoms with van der Waals surface area (Å²) in [7, 11) is 1.72. The third-order valence-electron chi connectivity index (χ3n) is 11.3. The van der Waals surface area contributed by atoms with Crippen molar-refractivity contribution in [3.05, 3.63) is 161 Å². The van der Waals surface area contributed by atoms with Gasteiger partial charge in [0.25, 0.3) is 0 Å². The van der Waals surface area contributed by atoms with Crippen LogP contribution in [-0.2, 0) is 14.3 Å². The molecule has 0 saturated carbocycles. The first kappa shape index (κ1) is 42.6. The van der Waals surface area contributed by atoms with Gasteiger partial charge in [-0.05, 0) is 88.9 Å². The zero-order valence-electron chi connectivity index (χ0n) is 34.1. The molecule has 2 amide bonds. The van der Waals surface area contributed by atoms with E-state index in [0.717, 1.165) is 43.6 Å². The van der Waals surface area contributed by atoms with Gasteiger partial charge in [-0.3, -0.25) is 4.79 Å². The number of rotatable bonds is 24. The van der Waals surface area contributed by atoms with Crippen molar-refractivity contribution in [1.29, 1.82) is 0 Å². The molecule has 58 heavy (non-hydrogen) atoms. The highest BCUT2D eigenvalue weighted by Gasteiger charge is 2.37. The molecule has 0 aliphatic heterocycles. The predicted molar refractivity (Wildman–Crippen MR) is 240 cm³/mol. The van der Waals surface area contributed by atoms with Crippen molar-refractivity contribution in [2.24, 2.45) is 0 Å². The van der Waals surface area contributed by atoms with E-state index in [1.165, 1.54) is 77.5 Å². The van der Waals surface area contributed by atoms with Crippen LogP contribution in [0, 0.1) is 0 Å². The van der Waals surface area contributed by atoms with Crippen molar-refractivity contribution in [3.63, 3.8) is 0 Å². The molecule has 1 aliphatic rings. The van der Waals surface area contributed by atoms with Gasteiger partial charge in [-0.25, -0.2) is 4.79 Å². The minimum Gasteiger partial charge on any atom is -0.497 e. The van der Waals surface area contributed by atoms with Gasteiger partial charge in [0.15, 0.2) is 0 Å². The first-order valence-corrected chi connectivity index (χ1v) is 22.3. The van der Waals surface area contributed by atoms with Gasteiger partial charge >= 0.3 is 6.09 Å². The fourth-order valence-electron chi connectivity index (χ4n) is 8.18. The van der Waals surface area contributed by atoms with E-state index < -0.39 is 0 Å². The Hall–Kier alpha value is -5.01. The number of thioether (sulfide) groups is 1. The minimum absolute atomic E-state index is 0.0629. The number of alkyl carbamates (subject to hydrolysis) is 1. The van der Waals surface area contributed by atoms with E-state index >= 15 is 0 Å². The third-order valence-corrected chi connectivity index (χ3v) is 12.9. The van der Waals surface area contributed by atoms with Gasteiger partial charge in [-0.1, -0.05) is 160 Å². The van der Waals surface area contributed by atoms with Crippen molar-refractivity contribution in [2.45, 2.75) is 87.7 Å². The second kappa shape index (κ2) is 22.8. The monoisotopic (exact) mass is 796 g/mol. The molecule has 0 spiro atoms. The molecular formula is C51H60N2O4S. The first-order chi connectivity index (χ1) is 28.6. The molecule has 0 heterocycles. The van der Waals surface area contributed by atoms with Gasteiger partial charge in [0.05, 0.1) is 11.9 Å². The van der Waals surface area contributed by atoms with E-state index in [1.807, 2.05) is 23.9 Å². The summed E-state index contributed by atoms with van der Waals surface area (Å²) >= 11 is 2.03. The second-order valence-corrected chi connectivity index (χ2v) is 16.5. The lowest BCUT2D eigenvalue weighted by Gasteiger charge is -2.35. The Morgan fingerprint density at radius 2 is 1.03 bits per heavy atom. The quantitative estimate of drug-likeness (QED) is 0.0480. The van der Waals surface area contributed by atoms with Gasteiger partial charge in [0.1, 0.15) is 12.4 Å². The summed E-state index contributed by atoms with van der Waals surface area (Å²) in [6.45, 7) is 1.57. The smallest absolute Gasteiger partial charge is 0.407 e. The van der Waals surface area contributed by atoms with Gasteiger partial charge < -0.3 is 20.1 Å². The molecule has 0 radical (unpaired) electrons. The van der Waals surface area contributed by atoms with Gasteiger partial charge in [0.2, 0.25) is 5.91 Å². The second-order valence-electron chi connectivity index (χ2n) is 15.2. The van der Waals surface area contributed by atoms with E-state index in [2.05, 4.69) is 132 Å². The molecule has 7 heteroatoms. The maximum absolute atomic E-state index is 12.4. The van der Waals surface area contributed by atoms with Gasteiger partial charge in [0, 0.05) is 25.4 Å². The van der Waals surface area contributed by atoms with Crippen LogP contribution in [-0.4, -0.2) is 44.6 Å². The maximum Gasteiger partial charge on any atom is 0.407 e. The predicted octanol–water partition coefficient (Wildman–Crippen LogP) is 12.1. The minimum atomic E-state index is -0.375. The van der Waals surface area contributed by atoms with Crippen LogP contribution >= 0.6 is 11.8 Å². The van der Waals surface area contributed by atoms with Crippen LogP contribution < -0.4 is 15.4 Å². The Morgan fingerprint density at radius 3 is 1.62 bits per heavy atom. The maximum atomic E-state index is 12.4. The van der Waals surface area contributed by atoms with Crippen molar-refractivity contribution >= 4 is 23.8 Å². The molecule has 6 rings (SSSR count). The fourth-order valence-corrected chi connectivity index (χ4v) is 9.74. The lowest BCUT2D eigenvalue weighted by molar-refractivity contribution is -0.121. The van der Waals surface area contributed by atoms with E-state index in [4.69, 9.17) is 9.47 Å². The molecule has 304 valence electrons. The van der Waals surface area contributed by atoms with Crippen molar-refractivity contribution in [2.75, 3.05) is 32.6 Å². The number of hydrogen-bond donors (Lipinski definition) is 2. The van der Waals surface area contributed by atoms with Crippen LogP contribution in [0.25, 0.3) is 11.1 Å². The molecular weight excluding hydrogens is 737 g/mol. The van der Waals surface area contributed by atoms with E-state index in [9.17, 15) is 9.59 Å². The average Bonchev–Trinajstić information content (AvgIpc) is 3.60. The molecule has 0 bridgehead atoms. The molecule has 0 atom stereocenters. The highest BCUT2D eigenvalue weighted by Crippen LogP contribution is 2.49. The summed E-state index contributed by atoms with van der Waals surface area (Å²) in [5, 5.41) is 5.96. The lowest BCUT2D eigenvalue weighted by atomic mass is 9.84. The number of carbonyl (C=O) groups is 2. The molecule has 0 aromatic heterocycles. The molecule has 0 saturated heterocycles. The number of benzene rings is 5. The molecule has 0 fully saturated rings. The normalized spacial score (nSPS) is 12.1. The lowest BCUT2D eigenvalue weighted by Crippen LogP contribution is -2.27. The summed E-state index contributed by atoms with van der Waals surface area (Å²) in [4.78, 5) is 24.8. The SMILES string of the molecule is COc1ccc(C(SCCCCCCCCCCC(=O)NCCCCCNC(=O)OCC2c3ccccc3-c3ccccc32)(c2ccccc2)c2ccccc2)cc1. The third kappa shape index (κ3) is 11.6. The zero-order valence-corrected chi connectivity index (χ0v) is 35.0. The number of fused-ring (bicyclic) bond motifs is 3. The van der Waals surface area contributed by atoms with Crippen LogP contribution in [0.5, 0.6) is 5.75 Å². The molecule has 1 aliphatic carbocycles. The van der Waals surface area contributed by atoms with Crippen LogP contribution in [0.4, 0.5) is 4.79 Å². The first-order valence-electron chi connectivity index (χ1n) is 21.3. The molecule has 5 aromatic rings. The van der Waals surface area contributed by atoms with E-state index in [0.29, 0.717) is 26.1 Å². The van der Waals surface area contributed by atoms with Gasteiger partial charge in [-0.2, -0.15) is 0 Å². The number of amides is 2. The topological polar surface area (TPSA) is 76.7 Å². The van der Waals surface area contributed by atoms with Crippen molar-refractivity contribution in [3.8, 4) is 16.9 Å². The van der Waals surface area contributed by atoms with Crippen LogP contribution in [0.1, 0.15) is 111 Å². The van der Waals surface area contributed by atoms with Crippen LogP contribution in [0.2, 0.25) is 0 Å². The van der Waals surface area contributed by atoms with Crippen molar-refractivity contribution < 1.29 is 19.1 Å². The molecule has 0 unspecified atom stereocenters. The zero-order chi connectivity index (χ0) is 40.3. The van der Waals surface area contributed by atoms with E-state index in [1.54, 1.807) is 7.11 Å². The summed E-state index contributed by atoms with van der Waals surface area (Å²) in [6.07, 6.45) is 12.3. The molecule has 6 nitrogen and oxygen atoms in total. The Labute approximate surface area is 350 Å². The Balaban J connectivity index is 0.781. The highest BCUT2D eigenvalue weighted by atomic mass is 32.2. The largest absolute Gasteiger partial charge is 0.497 e. The van der Waals surface area contributed by atoms with Crippen LogP contribution in [0.3, 0.4) is 0 Å². The Morgan fingerprint density at radius 1 is 0.552 bits per heavy atom. The summed E-state index contributed by atoms with van der Waals surface area (Å²) in [6, 6.07) is 47.1. The number of methoxy groups -OCH3 is 1. The number of carbonyl (C=O) groups excluding carboxylic acids is 2. The fraction of sp³-hybridized carbons (Fsp3) is 0.373. The average molecular weight is 797 g/mol. The standard InChI is InChI=1S/C51H60N2O4S/c1-56-43-34-32-42(33-35-43)51(40-23-11-8-12-24-40,41-25-13-9-14-26-41)58-38-22-7-5-3-2-4-6-15-31-49(54)52-36-20-10-21-37-53-50(55)57-39-48-46-29-18-16-27-44(46)45-28-17-19-30-47(45)48/h8-9,11-14,16-19,23-30,32-35,48H,2-7,10,15,20-22,31,36-39H2,1H3,(H,52,54)(H,53,55). The number of ether oxygens (including phenoxy) is 2. The Kier molecular flexibility index (Phi) is 16.7. The van der Waals surface area contributed by atoms with Crippen molar-refractivity contribution in [1.82, 2.24) is 10.6 Å². The number of unbranched alkanes of at least 4 members (excludes halogenated alkanes) is 9. The summed E-state index contributed by atoms with van der Waals surface area (Å²) < 4.78 is 10.8. The summed E-state index contributed by atoms with van der Waals surface area (Å²) in [5.74, 6) is 2.15. The highest BCUT2D eigenvalue weighted by molar-refractivity contribution is 8.00. The summed E-state index contributed by atoms with van der Waals surface area (Å²) in [5.41, 5.74) is 8.72. The van der Waals surface area contributed by atoms with E-state index in [-0.39, 0.29) is 22.7 Å².